The lowest BCUT2D eigenvalue weighted by Crippen LogP contribution is -2.54. The lowest BCUT2D eigenvalue weighted by Gasteiger charge is -2.38. The molecule has 2 saturated heterocycles. The van der Waals surface area contributed by atoms with Crippen LogP contribution in [0.3, 0.4) is 0 Å². The maximum Gasteiger partial charge on any atom is 0.414 e. The first-order valence-electron chi connectivity index (χ1n) is 9.37. The zero-order valence-corrected chi connectivity index (χ0v) is 15.4. The number of carbonyl (C=O) groups excluding carboxylic acids is 2. The van der Waals surface area contributed by atoms with Crippen LogP contribution in [0.1, 0.15) is 10.4 Å². The number of halogens is 1. The van der Waals surface area contributed by atoms with Gasteiger partial charge in [-0.05, 0) is 24.3 Å². The number of ether oxygens (including phenoxy) is 1. The molecule has 2 aliphatic rings. The highest BCUT2D eigenvalue weighted by atomic mass is 19.1. The molecule has 2 atom stereocenters. The molecule has 4 rings (SSSR count). The second kappa shape index (κ2) is 7.98. The zero-order valence-electron chi connectivity index (χ0n) is 15.4. The number of hydrogen-bond donors (Lipinski definition) is 0. The Kier molecular flexibility index (Phi) is 5.25. The summed E-state index contributed by atoms with van der Waals surface area (Å²) in [5, 5.41) is 0. The lowest BCUT2D eigenvalue weighted by molar-refractivity contribution is -0.00453. The van der Waals surface area contributed by atoms with E-state index in [0.29, 0.717) is 31.7 Å². The highest BCUT2D eigenvalue weighted by Crippen LogP contribution is 2.23. The fourth-order valence-corrected chi connectivity index (χ4v) is 3.66. The van der Waals surface area contributed by atoms with E-state index in [0.717, 1.165) is 5.69 Å². The quantitative estimate of drug-likeness (QED) is 0.762. The summed E-state index contributed by atoms with van der Waals surface area (Å²) in [4.78, 5) is 29.4. The molecule has 0 bridgehead atoms. The molecule has 7 heteroatoms. The molecule has 0 saturated carbocycles. The second-order valence-electron chi connectivity index (χ2n) is 7.01. The van der Waals surface area contributed by atoms with E-state index in [9.17, 15) is 14.0 Å². The number of alkyl halides is 1. The number of amides is 2. The van der Waals surface area contributed by atoms with Crippen LogP contribution in [-0.2, 0) is 4.74 Å². The largest absolute Gasteiger partial charge is 0.443 e. The Balaban J connectivity index is 1.33. The number of cyclic esters (lactones) is 1. The smallest absolute Gasteiger partial charge is 0.414 e. The normalized spacial score (nSPS) is 23.0. The van der Waals surface area contributed by atoms with E-state index in [1.807, 2.05) is 41.3 Å². The summed E-state index contributed by atoms with van der Waals surface area (Å²) in [5.41, 5.74) is 1.28. The van der Waals surface area contributed by atoms with Crippen molar-refractivity contribution in [3.63, 3.8) is 0 Å². The van der Waals surface area contributed by atoms with E-state index in [4.69, 9.17) is 4.74 Å². The molecule has 2 aromatic carbocycles. The first-order valence-corrected chi connectivity index (χ1v) is 9.37. The predicted octanol–water partition coefficient (Wildman–Crippen LogP) is 2.77. The van der Waals surface area contributed by atoms with Gasteiger partial charge < -0.3 is 9.64 Å². The van der Waals surface area contributed by atoms with E-state index in [2.05, 4.69) is 0 Å². The summed E-state index contributed by atoms with van der Waals surface area (Å²) in [6, 6.07) is 18.1. The maximum atomic E-state index is 14.7. The number of hydrogen-bond acceptors (Lipinski definition) is 4. The number of piperazine rings is 1. The van der Waals surface area contributed by atoms with Crippen LogP contribution in [0, 0.1) is 0 Å². The highest BCUT2D eigenvalue weighted by molar-refractivity contribution is 5.94. The monoisotopic (exact) mass is 383 g/mol. The predicted molar refractivity (Wildman–Crippen MR) is 103 cm³/mol. The molecule has 2 amide bonds. The minimum atomic E-state index is -1.39. The highest BCUT2D eigenvalue weighted by Gasteiger charge is 2.36. The fraction of sp³-hybridized carbons (Fsp3) is 0.333. The van der Waals surface area contributed by atoms with Crippen molar-refractivity contribution >= 4 is 17.7 Å². The average molecular weight is 383 g/mol. The molecule has 2 unspecified atom stereocenters. The summed E-state index contributed by atoms with van der Waals surface area (Å²) >= 11 is 0. The molecule has 2 heterocycles. The van der Waals surface area contributed by atoms with Gasteiger partial charge in [0.15, 0.2) is 6.30 Å². The van der Waals surface area contributed by atoms with Gasteiger partial charge in [-0.15, -0.1) is 0 Å². The van der Waals surface area contributed by atoms with Crippen molar-refractivity contribution in [2.45, 2.75) is 12.4 Å². The van der Waals surface area contributed by atoms with E-state index < -0.39 is 6.30 Å². The van der Waals surface area contributed by atoms with Gasteiger partial charge in [0.25, 0.3) is 5.91 Å². The summed E-state index contributed by atoms with van der Waals surface area (Å²) in [6.45, 7) is 1.83. The number of benzene rings is 2. The summed E-state index contributed by atoms with van der Waals surface area (Å²) < 4.78 is 20.1. The van der Waals surface area contributed by atoms with Crippen molar-refractivity contribution in [2.24, 2.45) is 0 Å². The van der Waals surface area contributed by atoms with Gasteiger partial charge in [-0.3, -0.25) is 14.6 Å². The molecule has 28 heavy (non-hydrogen) atoms. The van der Waals surface area contributed by atoms with Gasteiger partial charge >= 0.3 is 6.09 Å². The third kappa shape index (κ3) is 3.84. The second-order valence-corrected chi connectivity index (χ2v) is 7.01. The molecule has 146 valence electrons. The van der Waals surface area contributed by atoms with Crippen molar-refractivity contribution in [3.05, 3.63) is 66.2 Å². The van der Waals surface area contributed by atoms with Gasteiger partial charge in [0, 0.05) is 37.4 Å². The van der Waals surface area contributed by atoms with Crippen LogP contribution in [0.15, 0.2) is 60.7 Å². The zero-order chi connectivity index (χ0) is 19.5. The third-order valence-corrected chi connectivity index (χ3v) is 5.09. The molecule has 0 radical (unpaired) electrons. The number of nitrogens with zero attached hydrogens (tertiary/aromatic N) is 3. The molecule has 2 aromatic rings. The van der Waals surface area contributed by atoms with Gasteiger partial charge in [0.2, 0.25) is 0 Å². The molecule has 6 nitrogen and oxygen atoms in total. The van der Waals surface area contributed by atoms with Crippen molar-refractivity contribution in [2.75, 3.05) is 37.6 Å². The van der Waals surface area contributed by atoms with Crippen LogP contribution < -0.4 is 4.90 Å². The van der Waals surface area contributed by atoms with Crippen LogP contribution in [0.2, 0.25) is 0 Å². The SMILES string of the molecule is O=C1OC(CN2CCN(C(=O)c3ccccc3)C(F)C2)CN1c1ccccc1. The van der Waals surface area contributed by atoms with Crippen molar-refractivity contribution < 1.29 is 18.7 Å². The molecule has 0 aromatic heterocycles. The minimum Gasteiger partial charge on any atom is -0.443 e. The molecular weight excluding hydrogens is 361 g/mol. The number of anilines is 1. The van der Waals surface area contributed by atoms with E-state index in [-0.39, 0.29) is 24.6 Å². The summed E-state index contributed by atoms with van der Waals surface area (Å²) in [7, 11) is 0. The molecule has 0 spiro atoms. The molecule has 0 N–H and O–H groups in total. The van der Waals surface area contributed by atoms with Crippen LogP contribution in [-0.4, -0.2) is 66.9 Å². The molecular formula is C21H22FN3O3. The Hall–Kier alpha value is -2.93. The minimum absolute atomic E-state index is 0.109. The maximum absolute atomic E-state index is 14.7. The Morgan fingerprint density at radius 3 is 2.36 bits per heavy atom. The number of rotatable bonds is 4. The topological polar surface area (TPSA) is 53.1 Å². The first kappa shape index (κ1) is 18.4. The van der Waals surface area contributed by atoms with Gasteiger partial charge in [-0.1, -0.05) is 36.4 Å². The van der Waals surface area contributed by atoms with Gasteiger partial charge in [0.05, 0.1) is 6.54 Å². The molecule has 0 aliphatic carbocycles. The van der Waals surface area contributed by atoms with Gasteiger partial charge in [-0.25, -0.2) is 9.18 Å². The van der Waals surface area contributed by atoms with Crippen LogP contribution in [0.5, 0.6) is 0 Å². The van der Waals surface area contributed by atoms with E-state index >= 15 is 0 Å². The van der Waals surface area contributed by atoms with E-state index in [1.54, 1.807) is 29.2 Å². The Bertz CT molecular complexity index is 833. The molecule has 2 fully saturated rings. The first-order chi connectivity index (χ1) is 13.6. The number of para-hydroxylation sites is 1. The van der Waals surface area contributed by atoms with E-state index in [1.165, 1.54) is 4.90 Å². The van der Waals surface area contributed by atoms with Crippen molar-refractivity contribution in [1.82, 2.24) is 9.80 Å². The number of carbonyl (C=O) groups is 2. The Morgan fingerprint density at radius 2 is 1.68 bits per heavy atom. The third-order valence-electron chi connectivity index (χ3n) is 5.09. The van der Waals surface area contributed by atoms with Crippen molar-refractivity contribution in [1.29, 1.82) is 0 Å². The standard InChI is InChI=1S/C21H22FN3O3/c22-19-15-23(11-12-24(19)20(26)16-7-3-1-4-8-16)13-18-14-25(21(27)28-18)17-9-5-2-6-10-17/h1-10,18-19H,11-15H2. The average Bonchev–Trinajstić information content (AvgIpc) is 3.09. The summed E-state index contributed by atoms with van der Waals surface area (Å²) in [5.74, 6) is -0.296. The Labute approximate surface area is 163 Å². The summed E-state index contributed by atoms with van der Waals surface area (Å²) in [6.07, 6.45) is -2.09. The van der Waals surface area contributed by atoms with Crippen LogP contribution >= 0.6 is 0 Å². The van der Waals surface area contributed by atoms with Gasteiger partial charge in [-0.2, -0.15) is 0 Å². The molecule has 2 aliphatic heterocycles. The Morgan fingerprint density at radius 1 is 1.00 bits per heavy atom. The van der Waals surface area contributed by atoms with Gasteiger partial charge in [0.1, 0.15) is 6.10 Å². The lowest BCUT2D eigenvalue weighted by atomic mass is 10.1. The van der Waals surface area contributed by atoms with Crippen LogP contribution in [0.4, 0.5) is 14.9 Å². The fourth-order valence-electron chi connectivity index (χ4n) is 3.66. The van der Waals surface area contributed by atoms with Crippen molar-refractivity contribution in [3.8, 4) is 0 Å². The van der Waals surface area contributed by atoms with Crippen LogP contribution in [0.25, 0.3) is 0 Å².